The van der Waals surface area contributed by atoms with Crippen molar-refractivity contribution in [3.8, 4) is 11.5 Å². The van der Waals surface area contributed by atoms with E-state index < -0.39 is 27.3 Å². The normalized spacial score (nSPS) is 12.1. The maximum atomic E-state index is 15.1. The number of nitrogens with one attached hydrogen (secondary N) is 2. The molecule has 0 saturated carbocycles. The zero-order chi connectivity index (χ0) is 29.1. The average molecular weight is 585 g/mol. The van der Waals surface area contributed by atoms with Gasteiger partial charge < -0.3 is 10.1 Å². The van der Waals surface area contributed by atoms with Gasteiger partial charge in [-0.3, -0.25) is 19.4 Å². The quantitative estimate of drug-likeness (QED) is 0.224. The molecule has 0 saturated heterocycles. The monoisotopic (exact) mass is 584 g/mol. The number of fused-ring (bicyclic) bond motifs is 1. The predicted octanol–water partition coefficient (Wildman–Crippen LogP) is 6.40. The van der Waals surface area contributed by atoms with Crippen LogP contribution in [-0.2, 0) is 16.6 Å². The van der Waals surface area contributed by atoms with Gasteiger partial charge in [0.2, 0.25) is 0 Å². The second-order valence-corrected chi connectivity index (χ2v) is 13.1. The van der Waals surface area contributed by atoms with Crippen LogP contribution in [0.5, 0.6) is 11.5 Å². The lowest BCUT2D eigenvalue weighted by atomic mass is 10.1. The fourth-order valence-electron chi connectivity index (χ4n) is 3.99. The van der Waals surface area contributed by atoms with Gasteiger partial charge in [0.15, 0.2) is 11.6 Å². The Balaban J connectivity index is 1.52. The summed E-state index contributed by atoms with van der Waals surface area (Å²) in [5, 5.41) is 2.80. The third-order valence-corrected chi connectivity index (χ3v) is 8.50. The van der Waals surface area contributed by atoms with Crippen molar-refractivity contribution in [1.82, 2.24) is 15.2 Å². The zero-order valence-electron chi connectivity index (χ0n) is 23.1. The average Bonchev–Trinajstić information content (AvgIpc) is 3.31. The van der Waals surface area contributed by atoms with Crippen molar-refractivity contribution < 1.29 is 22.3 Å². The number of amides is 1. The van der Waals surface area contributed by atoms with Crippen LogP contribution in [0.3, 0.4) is 0 Å². The van der Waals surface area contributed by atoms with Gasteiger partial charge in [-0.2, -0.15) is 0 Å². The number of carbonyl (C=O) groups is 1. The summed E-state index contributed by atoms with van der Waals surface area (Å²) < 4.78 is 50.2. The van der Waals surface area contributed by atoms with Crippen LogP contribution in [0.2, 0.25) is 0 Å². The van der Waals surface area contributed by atoms with Crippen molar-refractivity contribution in [3.05, 3.63) is 77.1 Å². The summed E-state index contributed by atoms with van der Waals surface area (Å²) in [5.41, 5.74) is 0.509. The first-order valence-corrected chi connectivity index (χ1v) is 15.2. The number of rotatable bonds is 10. The zero-order valence-corrected chi connectivity index (χ0v) is 24.7. The first-order chi connectivity index (χ1) is 18.9. The second kappa shape index (κ2) is 11.9. The Labute approximate surface area is 238 Å². The maximum absolute atomic E-state index is 15.1. The van der Waals surface area contributed by atoms with Crippen molar-refractivity contribution >= 4 is 43.2 Å². The number of sulfonamides is 1. The van der Waals surface area contributed by atoms with E-state index in [-0.39, 0.29) is 21.9 Å². The summed E-state index contributed by atoms with van der Waals surface area (Å²) in [4.78, 5) is 20.2. The summed E-state index contributed by atoms with van der Waals surface area (Å²) in [6, 6.07) is 13.2. The molecule has 0 unspecified atom stereocenters. The van der Waals surface area contributed by atoms with Gasteiger partial charge >= 0.3 is 0 Å². The summed E-state index contributed by atoms with van der Waals surface area (Å²) in [7, 11) is -4.09. The molecule has 0 spiro atoms. The van der Waals surface area contributed by atoms with Crippen molar-refractivity contribution in [3.63, 3.8) is 0 Å². The molecule has 0 aliphatic carbocycles. The van der Waals surface area contributed by atoms with Gasteiger partial charge in [0, 0.05) is 40.9 Å². The van der Waals surface area contributed by atoms with Gasteiger partial charge in [-0.25, -0.2) is 12.8 Å². The molecule has 0 fully saturated rings. The lowest BCUT2D eigenvalue weighted by Gasteiger charge is -2.20. The fraction of sp³-hybridized carbons (Fsp3) is 0.310. The number of pyridine rings is 1. The highest BCUT2D eigenvalue weighted by molar-refractivity contribution is 7.92. The Hall–Kier alpha value is -3.54. The summed E-state index contributed by atoms with van der Waals surface area (Å²) in [6.07, 6.45) is 1.61. The SMILES string of the molecule is CCN(CC)Cc1cc2nccc(Oc3ccc(NS(=O)(=O)c4cccc(C(=O)NC(C)(C)C)c4)cc3F)c2s1. The molecule has 0 atom stereocenters. The van der Waals surface area contributed by atoms with Crippen LogP contribution in [0.15, 0.2) is 65.7 Å². The molecule has 212 valence electrons. The van der Waals surface area contributed by atoms with E-state index in [2.05, 4.69) is 33.8 Å². The Morgan fingerprint density at radius 2 is 1.80 bits per heavy atom. The Morgan fingerprint density at radius 1 is 1.05 bits per heavy atom. The standard InChI is InChI=1S/C29H33FN4O4S2/c1-6-34(7-2)18-21-17-24-27(39-21)26(13-14-31-24)38-25-12-11-20(16-23(25)30)33-40(36,37)22-10-8-9-19(15-22)28(35)32-29(3,4)5/h8-17,33H,6-7,18H2,1-5H3,(H,32,35). The van der Waals surface area contributed by atoms with E-state index in [1.807, 2.05) is 26.8 Å². The van der Waals surface area contributed by atoms with E-state index in [0.717, 1.165) is 40.8 Å². The smallest absolute Gasteiger partial charge is 0.261 e. The van der Waals surface area contributed by atoms with E-state index in [1.54, 1.807) is 23.6 Å². The van der Waals surface area contributed by atoms with Crippen LogP contribution in [-0.4, -0.2) is 42.8 Å². The van der Waals surface area contributed by atoms with Gasteiger partial charge in [0.25, 0.3) is 15.9 Å². The van der Waals surface area contributed by atoms with Crippen molar-refractivity contribution in [1.29, 1.82) is 0 Å². The minimum atomic E-state index is -4.09. The number of carbonyl (C=O) groups excluding carboxylic acids is 1. The van der Waals surface area contributed by atoms with Crippen LogP contribution in [0.1, 0.15) is 49.9 Å². The molecule has 0 radical (unpaired) electrons. The van der Waals surface area contributed by atoms with Crippen LogP contribution < -0.4 is 14.8 Å². The minimum absolute atomic E-state index is 0.0203. The predicted molar refractivity (Wildman–Crippen MR) is 157 cm³/mol. The molecule has 40 heavy (non-hydrogen) atoms. The van der Waals surface area contributed by atoms with Gasteiger partial charge in [0.05, 0.1) is 20.8 Å². The largest absolute Gasteiger partial charge is 0.453 e. The molecule has 0 aliphatic rings. The van der Waals surface area contributed by atoms with Crippen molar-refractivity contribution in [2.75, 3.05) is 17.8 Å². The van der Waals surface area contributed by atoms with Crippen molar-refractivity contribution in [2.24, 2.45) is 0 Å². The van der Waals surface area contributed by atoms with Gasteiger partial charge in [-0.05, 0) is 70.3 Å². The summed E-state index contributed by atoms with van der Waals surface area (Å²) in [5.74, 6) is -0.704. The summed E-state index contributed by atoms with van der Waals surface area (Å²) >= 11 is 1.55. The molecular formula is C29H33FN4O4S2. The number of hydrogen-bond acceptors (Lipinski definition) is 7. The molecule has 8 nitrogen and oxygen atoms in total. The molecule has 4 rings (SSSR count). The number of thiophene rings is 1. The molecule has 0 aliphatic heterocycles. The topological polar surface area (TPSA) is 101 Å². The number of hydrogen-bond donors (Lipinski definition) is 2. The van der Waals surface area contributed by atoms with Gasteiger partial charge in [-0.1, -0.05) is 19.9 Å². The Bertz CT molecular complexity index is 1630. The van der Waals surface area contributed by atoms with Gasteiger partial charge in [-0.15, -0.1) is 11.3 Å². The van der Waals surface area contributed by atoms with Crippen LogP contribution in [0.4, 0.5) is 10.1 Å². The molecular weight excluding hydrogens is 551 g/mol. The highest BCUT2D eigenvalue weighted by atomic mass is 32.2. The lowest BCUT2D eigenvalue weighted by Crippen LogP contribution is -2.40. The van der Waals surface area contributed by atoms with E-state index in [1.165, 1.54) is 36.4 Å². The van der Waals surface area contributed by atoms with E-state index in [9.17, 15) is 13.2 Å². The Morgan fingerprint density at radius 3 is 2.48 bits per heavy atom. The summed E-state index contributed by atoms with van der Waals surface area (Å²) in [6.45, 7) is 12.4. The molecule has 0 bridgehead atoms. The minimum Gasteiger partial charge on any atom is -0.453 e. The second-order valence-electron chi connectivity index (χ2n) is 10.3. The third-order valence-electron chi connectivity index (χ3n) is 6.00. The molecule has 11 heteroatoms. The molecule has 1 amide bonds. The van der Waals surface area contributed by atoms with E-state index in [0.29, 0.717) is 5.75 Å². The lowest BCUT2D eigenvalue weighted by molar-refractivity contribution is 0.0919. The number of halogens is 1. The Kier molecular flexibility index (Phi) is 8.77. The van der Waals surface area contributed by atoms with Crippen LogP contribution in [0, 0.1) is 5.82 Å². The molecule has 4 aromatic rings. The first-order valence-electron chi connectivity index (χ1n) is 12.9. The molecule has 2 N–H and O–H groups in total. The molecule has 2 aromatic carbocycles. The van der Waals surface area contributed by atoms with Crippen LogP contribution in [0.25, 0.3) is 10.2 Å². The number of anilines is 1. The van der Waals surface area contributed by atoms with Crippen molar-refractivity contribution in [2.45, 2.75) is 51.6 Å². The van der Waals surface area contributed by atoms with E-state index in [4.69, 9.17) is 4.74 Å². The highest BCUT2D eigenvalue weighted by Crippen LogP contribution is 2.36. The maximum Gasteiger partial charge on any atom is 0.261 e. The molecule has 2 aromatic heterocycles. The third kappa shape index (κ3) is 7.15. The number of ether oxygens (including phenoxy) is 1. The van der Waals surface area contributed by atoms with E-state index >= 15 is 4.39 Å². The number of benzene rings is 2. The number of aromatic nitrogens is 1. The fourth-order valence-corrected chi connectivity index (χ4v) is 6.19. The first kappa shape index (κ1) is 29.4. The highest BCUT2D eigenvalue weighted by Gasteiger charge is 2.20. The molecule has 2 heterocycles. The van der Waals surface area contributed by atoms with Crippen LogP contribution >= 0.6 is 11.3 Å². The van der Waals surface area contributed by atoms with Gasteiger partial charge in [0.1, 0.15) is 5.75 Å². The number of nitrogens with zero attached hydrogens (tertiary/aromatic N) is 2.